The molecule has 0 spiro atoms. The highest BCUT2D eigenvalue weighted by Gasteiger charge is 2.19. The van der Waals surface area contributed by atoms with E-state index in [1.807, 2.05) is 12.3 Å². The van der Waals surface area contributed by atoms with Crippen molar-refractivity contribution < 1.29 is 0 Å². The molecule has 1 aliphatic rings. The SMILES string of the molecule is c1ccc2ncc(CCNC3CC3)cc2c1. The number of benzene rings is 1. The average Bonchev–Trinajstić information content (AvgIpc) is 3.13. The average molecular weight is 212 g/mol. The Bertz CT molecular complexity index is 489. The molecule has 0 aliphatic heterocycles. The molecule has 1 fully saturated rings. The highest BCUT2D eigenvalue weighted by Crippen LogP contribution is 2.18. The van der Waals surface area contributed by atoms with Crippen LogP contribution >= 0.6 is 0 Å². The van der Waals surface area contributed by atoms with E-state index < -0.39 is 0 Å². The normalized spacial score (nSPS) is 15.5. The van der Waals surface area contributed by atoms with Crippen molar-refractivity contribution in [1.82, 2.24) is 10.3 Å². The van der Waals surface area contributed by atoms with Gasteiger partial charge in [0.15, 0.2) is 0 Å². The lowest BCUT2D eigenvalue weighted by molar-refractivity contribution is 0.681. The van der Waals surface area contributed by atoms with E-state index in [2.05, 4.69) is 34.6 Å². The van der Waals surface area contributed by atoms with E-state index >= 15 is 0 Å². The van der Waals surface area contributed by atoms with Crippen LogP contribution in [0.5, 0.6) is 0 Å². The van der Waals surface area contributed by atoms with Crippen molar-refractivity contribution in [1.29, 1.82) is 0 Å². The van der Waals surface area contributed by atoms with Crippen LogP contribution in [0.4, 0.5) is 0 Å². The molecule has 0 unspecified atom stereocenters. The number of para-hydroxylation sites is 1. The summed E-state index contributed by atoms with van der Waals surface area (Å²) in [5, 5.41) is 4.77. The zero-order valence-electron chi connectivity index (χ0n) is 9.32. The van der Waals surface area contributed by atoms with Gasteiger partial charge in [0.25, 0.3) is 0 Å². The number of pyridine rings is 1. The standard InChI is InChI=1S/C14H16N2/c1-2-4-14-12(3-1)9-11(10-16-14)7-8-15-13-5-6-13/h1-4,9-10,13,15H,5-8H2. The lowest BCUT2D eigenvalue weighted by atomic mass is 10.1. The van der Waals surface area contributed by atoms with Crippen molar-refractivity contribution in [3.8, 4) is 0 Å². The Morgan fingerprint density at radius 1 is 1.25 bits per heavy atom. The predicted molar refractivity (Wildman–Crippen MR) is 66.5 cm³/mol. The second-order valence-corrected chi connectivity index (χ2v) is 4.51. The van der Waals surface area contributed by atoms with E-state index in [0.717, 1.165) is 24.5 Å². The molecule has 0 amide bonds. The fourth-order valence-corrected chi connectivity index (χ4v) is 1.96. The Morgan fingerprint density at radius 2 is 2.12 bits per heavy atom. The van der Waals surface area contributed by atoms with E-state index in [4.69, 9.17) is 0 Å². The Hall–Kier alpha value is -1.41. The zero-order valence-corrected chi connectivity index (χ0v) is 9.32. The molecule has 2 aromatic rings. The predicted octanol–water partition coefficient (Wildman–Crippen LogP) is 2.53. The van der Waals surface area contributed by atoms with Gasteiger partial charge in [-0.3, -0.25) is 4.98 Å². The van der Waals surface area contributed by atoms with Gasteiger partial charge in [-0.15, -0.1) is 0 Å². The summed E-state index contributed by atoms with van der Waals surface area (Å²) < 4.78 is 0. The number of rotatable bonds is 4. The fraction of sp³-hybridized carbons (Fsp3) is 0.357. The summed E-state index contributed by atoms with van der Waals surface area (Å²) in [6.45, 7) is 1.07. The van der Waals surface area contributed by atoms with Crippen molar-refractivity contribution >= 4 is 10.9 Å². The first-order valence-corrected chi connectivity index (χ1v) is 5.99. The van der Waals surface area contributed by atoms with Gasteiger partial charge in [0.1, 0.15) is 0 Å². The lowest BCUT2D eigenvalue weighted by Gasteiger charge is -2.04. The third-order valence-electron chi connectivity index (χ3n) is 3.07. The van der Waals surface area contributed by atoms with Gasteiger partial charge in [-0.25, -0.2) is 0 Å². The zero-order chi connectivity index (χ0) is 10.8. The molecule has 0 radical (unpaired) electrons. The Kier molecular flexibility index (Phi) is 2.58. The highest BCUT2D eigenvalue weighted by molar-refractivity contribution is 5.78. The molecule has 1 N–H and O–H groups in total. The summed E-state index contributed by atoms with van der Waals surface area (Å²) >= 11 is 0. The van der Waals surface area contributed by atoms with Gasteiger partial charge >= 0.3 is 0 Å². The van der Waals surface area contributed by atoms with Crippen LogP contribution in [-0.4, -0.2) is 17.6 Å². The Morgan fingerprint density at radius 3 is 3.00 bits per heavy atom. The van der Waals surface area contributed by atoms with Crippen LogP contribution in [0, 0.1) is 0 Å². The molecule has 1 aliphatic carbocycles. The molecular weight excluding hydrogens is 196 g/mol. The van der Waals surface area contributed by atoms with Crippen molar-refractivity contribution in [2.75, 3.05) is 6.54 Å². The van der Waals surface area contributed by atoms with Crippen LogP contribution < -0.4 is 5.32 Å². The van der Waals surface area contributed by atoms with Gasteiger partial charge in [0.05, 0.1) is 5.52 Å². The minimum Gasteiger partial charge on any atom is -0.314 e. The monoisotopic (exact) mass is 212 g/mol. The maximum absolute atomic E-state index is 4.47. The molecule has 3 rings (SSSR count). The summed E-state index contributed by atoms with van der Waals surface area (Å²) in [5.74, 6) is 0. The fourth-order valence-electron chi connectivity index (χ4n) is 1.96. The van der Waals surface area contributed by atoms with E-state index in [-0.39, 0.29) is 0 Å². The molecule has 2 heteroatoms. The highest BCUT2D eigenvalue weighted by atomic mass is 14.9. The molecule has 0 atom stereocenters. The number of fused-ring (bicyclic) bond motifs is 1. The van der Waals surface area contributed by atoms with Crippen molar-refractivity contribution in [2.24, 2.45) is 0 Å². The van der Waals surface area contributed by atoms with Gasteiger partial charge in [-0.1, -0.05) is 18.2 Å². The molecule has 1 saturated carbocycles. The molecule has 1 aromatic heterocycles. The summed E-state index contributed by atoms with van der Waals surface area (Å²) in [5.41, 5.74) is 2.41. The number of hydrogen-bond donors (Lipinski definition) is 1. The van der Waals surface area contributed by atoms with Crippen LogP contribution in [0.25, 0.3) is 10.9 Å². The summed E-state index contributed by atoms with van der Waals surface area (Å²) in [6, 6.07) is 11.3. The van der Waals surface area contributed by atoms with Crippen LogP contribution in [0.1, 0.15) is 18.4 Å². The van der Waals surface area contributed by atoms with E-state index in [1.54, 1.807) is 0 Å². The molecule has 1 aromatic carbocycles. The smallest absolute Gasteiger partial charge is 0.0702 e. The summed E-state index contributed by atoms with van der Waals surface area (Å²) in [4.78, 5) is 4.47. The first-order chi connectivity index (χ1) is 7.92. The quantitative estimate of drug-likeness (QED) is 0.842. The minimum absolute atomic E-state index is 0.799. The first-order valence-electron chi connectivity index (χ1n) is 5.99. The Labute approximate surface area is 95.7 Å². The molecule has 0 bridgehead atoms. The van der Waals surface area contributed by atoms with Crippen molar-refractivity contribution in [3.63, 3.8) is 0 Å². The number of nitrogens with zero attached hydrogens (tertiary/aromatic N) is 1. The summed E-state index contributed by atoms with van der Waals surface area (Å²) in [7, 11) is 0. The number of hydrogen-bond acceptors (Lipinski definition) is 2. The van der Waals surface area contributed by atoms with Crippen molar-refractivity contribution in [2.45, 2.75) is 25.3 Å². The number of nitrogens with one attached hydrogen (secondary N) is 1. The second kappa shape index (κ2) is 4.22. The third-order valence-corrected chi connectivity index (χ3v) is 3.07. The van der Waals surface area contributed by atoms with Gasteiger partial charge in [0, 0.05) is 17.6 Å². The molecule has 82 valence electrons. The first kappa shape index (κ1) is 9.79. The molecule has 1 heterocycles. The van der Waals surface area contributed by atoms with Crippen LogP contribution in [-0.2, 0) is 6.42 Å². The third kappa shape index (κ3) is 2.22. The maximum Gasteiger partial charge on any atom is 0.0702 e. The van der Waals surface area contributed by atoms with E-state index in [0.29, 0.717) is 0 Å². The van der Waals surface area contributed by atoms with E-state index in [1.165, 1.54) is 23.8 Å². The van der Waals surface area contributed by atoms with Gasteiger partial charge in [-0.2, -0.15) is 0 Å². The lowest BCUT2D eigenvalue weighted by Crippen LogP contribution is -2.19. The van der Waals surface area contributed by atoms with Gasteiger partial charge < -0.3 is 5.32 Å². The summed E-state index contributed by atoms with van der Waals surface area (Å²) in [6.07, 6.45) is 5.79. The molecular formula is C14H16N2. The van der Waals surface area contributed by atoms with Gasteiger partial charge in [0.2, 0.25) is 0 Å². The molecule has 16 heavy (non-hydrogen) atoms. The maximum atomic E-state index is 4.47. The second-order valence-electron chi connectivity index (χ2n) is 4.51. The Balaban J connectivity index is 1.71. The molecule has 0 saturated heterocycles. The van der Waals surface area contributed by atoms with Crippen LogP contribution in [0.2, 0.25) is 0 Å². The van der Waals surface area contributed by atoms with Crippen LogP contribution in [0.15, 0.2) is 36.5 Å². The van der Waals surface area contributed by atoms with Crippen LogP contribution in [0.3, 0.4) is 0 Å². The van der Waals surface area contributed by atoms with Crippen molar-refractivity contribution in [3.05, 3.63) is 42.1 Å². The minimum atomic E-state index is 0.799. The topological polar surface area (TPSA) is 24.9 Å². The largest absolute Gasteiger partial charge is 0.314 e. The number of aromatic nitrogens is 1. The van der Waals surface area contributed by atoms with Gasteiger partial charge in [-0.05, 0) is 43.5 Å². The van der Waals surface area contributed by atoms with E-state index in [9.17, 15) is 0 Å². The molecule has 2 nitrogen and oxygen atoms in total.